The molecule has 0 atom stereocenters. The van der Waals surface area contributed by atoms with E-state index < -0.39 is 13.2 Å². The van der Waals surface area contributed by atoms with Crippen molar-refractivity contribution in [3.63, 3.8) is 0 Å². The molecule has 7 aromatic carbocycles. The SMILES string of the molecule is [2H]C([2H])([2H])C([2H])([2H])c1nc2ccccc2n1-c1ccc(-c2ccc(-c3c4ccccc4c(-c4ccc(-c5ccncc5)cc4)c4ccccc34)cc2)cc1. The van der Waals surface area contributed by atoms with Gasteiger partial charge in [0.25, 0.3) is 0 Å². The number of hydrogen-bond donors (Lipinski definition) is 0. The Labute approximate surface area is 292 Å². The van der Waals surface area contributed by atoms with E-state index in [-0.39, 0.29) is 5.82 Å². The minimum atomic E-state index is -2.89. The number of fused-ring (bicyclic) bond motifs is 3. The van der Waals surface area contributed by atoms with Gasteiger partial charge in [-0.1, -0.05) is 128 Å². The van der Waals surface area contributed by atoms with Crippen molar-refractivity contribution >= 4 is 32.6 Å². The fourth-order valence-electron chi connectivity index (χ4n) is 7.13. The molecule has 0 amide bonds. The Morgan fingerprint density at radius 3 is 1.43 bits per heavy atom. The van der Waals surface area contributed by atoms with E-state index in [1.54, 1.807) is 10.6 Å². The van der Waals surface area contributed by atoms with Crippen molar-refractivity contribution in [2.75, 3.05) is 0 Å². The van der Waals surface area contributed by atoms with Gasteiger partial charge in [0.15, 0.2) is 0 Å². The van der Waals surface area contributed by atoms with Crippen LogP contribution >= 0.6 is 0 Å². The van der Waals surface area contributed by atoms with Gasteiger partial charge < -0.3 is 0 Å². The Kier molecular flexibility index (Phi) is 5.88. The number of aromatic nitrogens is 3. The summed E-state index contributed by atoms with van der Waals surface area (Å²) in [4.78, 5) is 8.62. The lowest BCUT2D eigenvalue weighted by atomic mass is 9.85. The van der Waals surface area contributed by atoms with Gasteiger partial charge in [-0.05, 0) is 102 Å². The molecule has 0 saturated heterocycles. The summed E-state index contributed by atoms with van der Waals surface area (Å²) in [6.07, 6.45) is 0.985. The summed E-state index contributed by atoms with van der Waals surface area (Å²) in [5, 5.41) is 4.75. The number of nitrogens with zero attached hydrogens (tertiary/aromatic N) is 3. The molecule has 3 heteroatoms. The van der Waals surface area contributed by atoms with Crippen LogP contribution in [0.25, 0.3) is 82.8 Å². The third kappa shape index (κ3) is 4.99. The number of imidazole rings is 1. The molecule has 2 aromatic heterocycles. The second kappa shape index (κ2) is 12.0. The molecule has 232 valence electrons. The van der Waals surface area contributed by atoms with Crippen LogP contribution in [0.1, 0.15) is 19.5 Å². The molecule has 2 heterocycles. The maximum Gasteiger partial charge on any atom is 0.114 e. The molecule has 0 spiro atoms. The zero-order valence-corrected chi connectivity index (χ0v) is 26.5. The Hall–Kier alpha value is -6.32. The van der Waals surface area contributed by atoms with E-state index in [0.717, 1.165) is 33.4 Å². The topological polar surface area (TPSA) is 30.7 Å². The van der Waals surface area contributed by atoms with Gasteiger partial charge in [0.05, 0.1) is 11.0 Å². The van der Waals surface area contributed by atoms with E-state index >= 15 is 0 Å². The molecule has 0 radical (unpaired) electrons. The van der Waals surface area contributed by atoms with E-state index in [2.05, 4.69) is 107 Å². The Balaban J connectivity index is 1.10. The second-order valence-corrected chi connectivity index (χ2v) is 12.2. The Morgan fingerprint density at radius 2 is 0.918 bits per heavy atom. The molecule has 0 N–H and O–H groups in total. The first-order valence-electron chi connectivity index (χ1n) is 18.8. The van der Waals surface area contributed by atoms with Crippen LogP contribution in [0.5, 0.6) is 0 Å². The monoisotopic (exact) mass is 632 g/mol. The van der Waals surface area contributed by atoms with Crippen LogP contribution in [0, 0.1) is 0 Å². The van der Waals surface area contributed by atoms with Gasteiger partial charge in [0.1, 0.15) is 5.82 Å². The van der Waals surface area contributed by atoms with E-state index in [9.17, 15) is 0 Å². The summed E-state index contributed by atoms with van der Waals surface area (Å²) >= 11 is 0. The average Bonchev–Trinajstić information content (AvgIpc) is 3.61. The van der Waals surface area contributed by atoms with Crippen molar-refractivity contribution in [2.24, 2.45) is 0 Å². The molecule has 0 aliphatic heterocycles. The highest BCUT2D eigenvalue weighted by molar-refractivity contribution is 6.21. The van der Waals surface area contributed by atoms with Crippen LogP contribution in [-0.2, 0) is 6.37 Å². The van der Waals surface area contributed by atoms with Crippen LogP contribution in [0.15, 0.2) is 170 Å². The molecular weight excluding hydrogens is 595 g/mol. The van der Waals surface area contributed by atoms with Gasteiger partial charge in [0, 0.05) is 31.3 Å². The lowest BCUT2D eigenvalue weighted by molar-refractivity contribution is 0.908. The molecular formula is C46H33N3. The second-order valence-electron chi connectivity index (χ2n) is 12.2. The summed E-state index contributed by atoms with van der Waals surface area (Å²) in [5.41, 5.74) is 10.8. The lowest BCUT2D eigenvalue weighted by Crippen LogP contribution is -1.99. The first-order valence-corrected chi connectivity index (χ1v) is 16.3. The van der Waals surface area contributed by atoms with E-state index in [4.69, 9.17) is 6.85 Å². The minimum Gasteiger partial charge on any atom is -0.296 e. The molecule has 0 aliphatic rings. The fourth-order valence-corrected chi connectivity index (χ4v) is 7.13. The van der Waals surface area contributed by atoms with Gasteiger partial charge in [-0.3, -0.25) is 9.55 Å². The van der Waals surface area contributed by atoms with Crippen LogP contribution in [0.2, 0.25) is 0 Å². The zero-order chi connectivity index (χ0) is 37.0. The Bertz CT molecular complexity index is 2750. The molecule has 0 saturated carbocycles. The van der Waals surface area contributed by atoms with Crippen LogP contribution in [0.4, 0.5) is 0 Å². The van der Waals surface area contributed by atoms with Gasteiger partial charge in [-0.25, -0.2) is 4.98 Å². The van der Waals surface area contributed by atoms with Crippen molar-refractivity contribution in [2.45, 2.75) is 13.2 Å². The lowest BCUT2D eigenvalue weighted by Gasteiger charge is -2.18. The summed E-state index contributed by atoms with van der Waals surface area (Å²) in [6.45, 7) is -2.89. The number of aryl methyl sites for hydroxylation is 1. The first-order chi connectivity index (χ1) is 26.2. The summed E-state index contributed by atoms with van der Waals surface area (Å²) < 4.78 is 42.4. The number of pyridine rings is 1. The van der Waals surface area contributed by atoms with E-state index in [1.807, 2.05) is 67.0 Å². The van der Waals surface area contributed by atoms with Gasteiger partial charge >= 0.3 is 0 Å². The van der Waals surface area contributed by atoms with Crippen LogP contribution in [-0.4, -0.2) is 14.5 Å². The maximum atomic E-state index is 8.52. The third-order valence-corrected chi connectivity index (χ3v) is 9.42. The van der Waals surface area contributed by atoms with Crippen molar-refractivity contribution in [3.8, 4) is 50.2 Å². The fraction of sp³-hybridized carbons (Fsp3) is 0.0435. The zero-order valence-electron chi connectivity index (χ0n) is 31.5. The number of hydrogen-bond acceptors (Lipinski definition) is 2. The van der Waals surface area contributed by atoms with Gasteiger partial charge in [-0.2, -0.15) is 0 Å². The Morgan fingerprint density at radius 1 is 0.490 bits per heavy atom. The normalized spacial score (nSPS) is 13.5. The van der Waals surface area contributed by atoms with Crippen molar-refractivity contribution in [1.82, 2.24) is 14.5 Å². The van der Waals surface area contributed by atoms with Crippen LogP contribution < -0.4 is 0 Å². The molecule has 9 aromatic rings. The maximum absolute atomic E-state index is 8.52. The van der Waals surface area contributed by atoms with Crippen molar-refractivity contribution in [1.29, 1.82) is 0 Å². The van der Waals surface area contributed by atoms with Crippen LogP contribution in [0.3, 0.4) is 0 Å². The van der Waals surface area contributed by atoms with Crippen molar-refractivity contribution in [3.05, 3.63) is 176 Å². The molecule has 9 rings (SSSR count). The van der Waals surface area contributed by atoms with Gasteiger partial charge in [-0.15, -0.1) is 0 Å². The van der Waals surface area contributed by atoms with E-state index in [1.165, 1.54) is 32.7 Å². The van der Waals surface area contributed by atoms with Crippen molar-refractivity contribution < 1.29 is 6.85 Å². The predicted octanol–water partition coefficient (Wildman–Crippen LogP) is 12.0. The summed E-state index contributed by atoms with van der Waals surface area (Å²) in [5.74, 6) is -0.145. The third-order valence-electron chi connectivity index (χ3n) is 9.42. The molecule has 0 unspecified atom stereocenters. The molecule has 0 aliphatic carbocycles. The summed E-state index contributed by atoms with van der Waals surface area (Å²) in [7, 11) is 0. The quantitative estimate of drug-likeness (QED) is 0.171. The smallest absolute Gasteiger partial charge is 0.114 e. The van der Waals surface area contributed by atoms with Gasteiger partial charge in [0.2, 0.25) is 0 Å². The largest absolute Gasteiger partial charge is 0.296 e. The average molecular weight is 633 g/mol. The predicted molar refractivity (Wildman–Crippen MR) is 205 cm³/mol. The molecule has 0 bridgehead atoms. The minimum absolute atomic E-state index is 0.145. The molecule has 49 heavy (non-hydrogen) atoms. The number of rotatable bonds is 6. The highest BCUT2D eigenvalue weighted by Crippen LogP contribution is 2.44. The molecule has 0 fully saturated rings. The number of para-hydroxylation sites is 2. The molecule has 3 nitrogen and oxygen atoms in total. The highest BCUT2D eigenvalue weighted by atomic mass is 15.1. The highest BCUT2D eigenvalue weighted by Gasteiger charge is 2.17. The standard InChI is InChI=1S/C46H33N3/c1-2-44-48-42-13-7-8-14-43(42)49(44)37-25-23-33(24-26-37)31-15-19-35(20-16-31)45-38-9-3-5-11-40(38)46(41-12-6-4-10-39(41)45)36-21-17-32(18-22-36)34-27-29-47-30-28-34/h3-30H,2H2,1H3/i1D3,2D2. The summed E-state index contributed by atoms with van der Waals surface area (Å²) in [6, 6.07) is 53.7. The number of benzene rings is 7. The first kappa shape index (κ1) is 23.9. The van der Waals surface area contributed by atoms with E-state index in [0.29, 0.717) is 16.7 Å².